The first-order valence-electron chi connectivity index (χ1n) is 5.83. The Balaban J connectivity index is 1.98. The van der Waals surface area contributed by atoms with Gasteiger partial charge in [-0.25, -0.2) is 0 Å². The normalized spacial score (nSPS) is 17.4. The van der Waals surface area contributed by atoms with Crippen molar-refractivity contribution in [1.82, 2.24) is 20.1 Å². The predicted molar refractivity (Wildman–Crippen MR) is 68.2 cm³/mol. The molecule has 2 N–H and O–H groups in total. The summed E-state index contributed by atoms with van der Waals surface area (Å²) in [5.41, 5.74) is 5.62. The maximum atomic E-state index is 5.70. The molecule has 1 fully saturated rings. The fraction of sp³-hybridized carbons (Fsp3) is 0.700. The number of nitrogens with two attached hydrogens (primary N) is 1. The maximum absolute atomic E-state index is 5.70. The minimum Gasteiger partial charge on any atom is -0.381 e. The summed E-state index contributed by atoms with van der Waals surface area (Å²) in [4.78, 5) is 8.67. The molecule has 0 aromatic carbocycles. The van der Waals surface area contributed by atoms with Crippen LogP contribution in [0.1, 0.15) is 13.3 Å². The topological polar surface area (TPSA) is 71.2 Å². The molecule has 94 valence electrons. The number of hydrogen-bond acceptors (Lipinski definition) is 6. The first-order chi connectivity index (χ1) is 8.20. The van der Waals surface area contributed by atoms with Crippen LogP contribution < -0.4 is 10.6 Å². The van der Waals surface area contributed by atoms with Crippen molar-refractivity contribution < 1.29 is 0 Å². The molecule has 0 radical (unpaired) electrons. The molecule has 0 spiro atoms. The maximum Gasteiger partial charge on any atom is 0.247 e. The van der Waals surface area contributed by atoms with Crippen LogP contribution in [0.15, 0.2) is 0 Å². The smallest absolute Gasteiger partial charge is 0.247 e. The van der Waals surface area contributed by atoms with Crippen LogP contribution in [0.4, 0.5) is 11.8 Å². The fourth-order valence-electron chi connectivity index (χ4n) is 1.94. The van der Waals surface area contributed by atoms with E-state index in [0.717, 1.165) is 32.7 Å². The number of halogens is 1. The largest absolute Gasteiger partial charge is 0.381 e. The van der Waals surface area contributed by atoms with Gasteiger partial charge in [0.15, 0.2) is 11.0 Å². The molecule has 1 aromatic heterocycles. The predicted octanol–water partition coefficient (Wildman–Crippen LogP) is 0.639. The third-order valence-electron chi connectivity index (χ3n) is 2.85. The Bertz CT molecular complexity index is 377. The molecule has 0 bridgehead atoms. The molecule has 0 unspecified atom stereocenters. The number of rotatable bonds is 3. The van der Waals surface area contributed by atoms with E-state index in [0.29, 0.717) is 5.95 Å². The highest BCUT2D eigenvalue weighted by Crippen LogP contribution is 2.16. The Kier molecular flexibility index (Phi) is 3.96. The van der Waals surface area contributed by atoms with Crippen molar-refractivity contribution in [2.45, 2.75) is 13.3 Å². The van der Waals surface area contributed by atoms with Crippen molar-refractivity contribution in [1.29, 1.82) is 0 Å². The minimum atomic E-state index is 0.165. The van der Waals surface area contributed by atoms with E-state index in [2.05, 4.69) is 31.9 Å². The van der Waals surface area contributed by atoms with E-state index < -0.39 is 0 Å². The van der Waals surface area contributed by atoms with Gasteiger partial charge in [-0.05, 0) is 13.0 Å². The van der Waals surface area contributed by atoms with Gasteiger partial charge in [0.2, 0.25) is 5.95 Å². The Morgan fingerprint density at radius 2 is 1.94 bits per heavy atom. The van der Waals surface area contributed by atoms with Crippen LogP contribution in [0.5, 0.6) is 0 Å². The van der Waals surface area contributed by atoms with Gasteiger partial charge in [0.25, 0.3) is 0 Å². The number of piperazine rings is 1. The third kappa shape index (κ3) is 2.95. The lowest BCUT2D eigenvalue weighted by molar-refractivity contribution is 0.257. The van der Waals surface area contributed by atoms with Crippen molar-refractivity contribution in [2.24, 2.45) is 0 Å². The summed E-state index contributed by atoms with van der Waals surface area (Å²) in [7, 11) is 0. The van der Waals surface area contributed by atoms with E-state index in [9.17, 15) is 0 Å². The lowest BCUT2D eigenvalue weighted by Gasteiger charge is -2.34. The Hall–Kier alpha value is -1.14. The van der Waals surface area contributed by atoms with E-state index in [1.807, 2.05) is 0 Å². The van der Waals surface area contributed by atoms with Gasteiger partial charge in [-0.3, -0.25) is 4.90 Å². The van der Waals surface area contributed by atoms with Gasteiger partial charge in [-0.1, -0.05) is 18.5 Å². The number of aromatic nitrogens is 3. The van der Waals surface area contributed by atoms with Crippen LogP contribution in [0, 0.1) is 0 Å². The van der Waals surface area contributed by atoms with E-state index in [1.165, 1.54) is 6.42 Å². The molecule has 1 aliphatic rings. The Labute approximate surface area is 106 Å². The van der Waals surface area contributed by atoms with Crippen molar-refractivity contribution in [3.63, 3.8) is 0 Å². The monoisotopic (exact) mass is 256 g/mol. The quantitative estimate of drug-likeness (QED) is 0.856. The van der Waals surface area contributed by atoms with Gasteiger partial charge in [0.1, 0.15) is 0 Å². The van der Waals surface area contributed by atoms with Gasteiger partial charge in [-0.15, -0.1) is 10.2 Å². The molecule has 0 saturated carbocycles. The molecule has 1 saturated heterocycles. The summed E-state index contributed by atoms with van der Waals surface area (Å²) in [6, 6.07) is 0. The fourth-order valence-corrected chi connectivity index (χ4v) is 2.02. The lowest BCUT2D eigenvalue weighted by atomic mass is 10.3. The molecule has 2 heterocycles. The average Bonchev–Trinajstić information content (AvgIpc) is 2.34. The zero-order chi connectivity index (χ0) is 12.3. The van der Waals surface area contributed by atoms with Crippen LogP contribution in [0.3, 0.4) is 0 Å². The zero-order valence-electron chi connectivity index (χ0n) is 9.93. The highest BCUT2D eigenvalue weighted by atomic mass is 35.5. The molecule has 0 aliphatic carbocycles. The van der Waals surface area contributed by atoms with Crippen LogP contribution >= 0.6 is 11.6 Å². The van der Waals surface area contributed by atoms with Crippen molar-refractivity contribution in [3.8, 4) is 0 Å². The van der Waals surface area contributed by atoms with E-state index in [4.69, 9.17) is 17.3 Å². The zero-order valence-corrected chi connectivity index (χ0v) is 10.7. The summed E-state index contributed by atoms with van der Waals surface area (Å²) >= 11 is 5.70. The molecule has 17 heavy (non-hydrogen) atoms. The molecule has 1 aliphatic heterocycles. The lowest BCUT2D eigenvalue weighted by Crippen LogP contribution is -2.47. The second-order valence-electron chi connectivity index (χ2n) is 4.12. The first kappa shape index (κ1) is 12.3. The van der Waals surface area contributed by atoms with E-state index >= 15 is 0 Å². The van der Waals surface area contributed by atoms with Gasteiger partial charge in [0.05, 0.1) is 0 Å². The summed E-state index contributed by atoms with van der Waals surface area (Å²) in [6.07, 6.45) is 1.19. The molecule has 7 heteroatoms. The highest BCUT2D eigenvalue weighted by molar-refractivity contribution is 6.31. The minimum absolute atomic E-state index is 0.165. The summed E-state index contributed by atoms with van der Waals surface area (Å²) < 4.78 is 0. The van der Waals surface area contributed by atoms with Crippen molar-refractivity contribution in [2.75, 3.05) is 43.4 Å². The van der Waals surface area contributed by atoms with E-state index in [1.54, 1.807) is 0 Å². The number of hydrogen-bond donors (Lipinski definition) is 1. The van der Waals surface area contributed by atoms with Crippen molar-refractivity contribution in [3.05, 3.63) is 5.15 Å². The van der Waals surface area contributed by atoms with Gasteiger partial charge >= 0.3 is 0 Å². The molecular weight excluding hydrogens is 240 g/mol. The highest BCUT2D eigenvalue weighted by Gasteiger charge is 2.19. The molecular formula is C10H17ClN6. The molecule has 0 atom stereocenters. The third-order valence-corrected chi connectivity index (χ3v) is 3.12. The molecule has 6 nitrogen and oxygen atoms in total. The summed E-state index contributed by atoms with van der Waals surface area (Å²) in [5.74, 6) is 0.815. The molecule has 1 aromatic rings. The molecule has 2 rings (SSSR count). The summed E-state index contributed by atoms with van der Waals surface area (Å²) in [5, 5.41) is 7.92. The Morgan fingerprint density at radius 1 is 1.24 bits per heavy atom. The van der Waals surface area contributed by atoms with Gasteiger partial charge < -0.3 is 10.6 Å². The van der Waals surface area contributed by atoms with Gasteiger partial charge in [0, 0.05) is 26.2 Å². The van der Waals surface area contributed by atoms with Crippen LogP contribution in [0.25, 0.3) is 0 Å². The second-order valence-corrected chi connectivity index (χ2v) is 4.47. The number of anilines is 2. The number of nitrogen functional groups attached to an aromatic ring is 1. The molecule has 0 amide bonds. The summed E-state index contributed by atoms with van der Waals surface area (Å²) in [6.45, 7) is 7.21. The number of nitrogens with zero attached hydrogens (tertiary/aromatic N) is 5. The van der Waals surface area contributed by atoms with E-state index in [-0.39, 0.29) is 11.0 Å². The van der Waals surface area contributed by atoms with Crippen LogP contribution in [-0.2, 0) is 0 Å². The van der Waals surface area contributed by atoms with Gasteiger partial charge in [-0.2, -0.15) is 4.98 Å². The Morgan fingerprint density at radius 3 is 2.53 bits per heavy atom. The van der Waals surface area contributed by atoms with Crippen LogP contribution in [-0.4, -0.2) is 52.8 Å². The standard InChI is InChI=1S/C10H17ClN6/c1-2-3-16-4-6-17(7-5-16)10-13-9(12)8(11)14-15-10/h2-7H2,1H3,(H2,12,13,15). The first-order valence-corrected chi connectivity index (χ1v) is 6.21. The van der Waals surface area contributed by atoms with Crippen LogP contribution in [0.2, 0.25) is 5.15 Å². The average molecular weight is 257 g/mol. The SMILES string of the molecule is CCCN1CCN(c2nnc(Cl)c(N)n2)CC1. The van der Waals surface area contributed by atoms with Crippen molar-refractivity contribution >= 4 is 23.4 Å². The second kappa shape index (κ2) is 5.46.